The predicted octanol–water partition coefficient (Wildman–Crippen LogP) is 2.67. The Bertz CT molecular complexity index is 803. The summed E-state index contributed by atoms with van der Waals surface area (Å²) in [6.45, 7) is 8.72. The van der Waals surface area contributed by atoms with Crippen molar-refractivity contribution in [3.63, 3.8) is 0 Å². The minimum Gasteiger partial charge on any atom is -0.313 e. The first-order valence-electron chi connectivity index (χ1n) is 7.98. The first-order chi connectivity index (χ1) is 11.0. The van der Waals surface area contributed by atoms with Gasteiger partial charge >= 0.3 is 5.69 Å². The average Bonchev–Trinajstić information content (AvgIpc) is 2.88. The zero-order chi connectivity index (χ0) is 17.0. The van der Waals surface area contributed by atoms with E-state index in [4.69, 9.17) is 0 Å². The number of nitrogens with zero attached hydrogens (tertiary/aromatic N) is 3. The molecule has 0 aromatic carbocycles. The molecule has 2 aromatic rings. The van der Waals surface area contributed by atoms with Crippen LogP contribution >= 0.6 is 11.8 Å². The molecule has 0 saturated heterocycles. The molecule has 0 spiro atoms. The van der Waals surface area contributed by atoms with Crippen LogP contribution in [-0.4, -0.2) is 24.4 Å². The van der Waals surface area contributed by atoms with Gasteiger partial charge in [0.15, 0.2) is 16.3 Å². The molecule has 0 aliphatic carbocycles. The second-order valence-electron chi connectivity index (χ2n) is 5.66. The fourth-order valence-corrected chi connectivity index (χ4v) is 3.30. The average molecular weight is 336 g/mol. The van der Waals surface area contributed by atoms with Crippen LogP contribution in [-0.2, 0) is 13.6 Å². The van der Waals surface area contributed by atoms with Crippen LogP contribution in [0.4, 0.5) is 0 Å². The van der Waals surface area contributed by atoms with Crippen molar-refractivity contribution in [1.82, 2.24) is 19.1 Å². The molecule has 0 aliphatic rings. The highest BCUT2D eigenvalue weighted by atomic mass is 32.2. The molecule has 0 bridgehead atoms. The van der Waals surface area contributed by atoms with Crippen molar-refractivity contribution < 1.29 is 0 Å². The minimum atomic E-state index is -0.438. The molecule has 0 aliphatic heterocycles. The topological polar surface area (TPSA) is 72.7 Å². The standard InChI is InChI=1S/C16H24N4O2S/c1-5-7-8-9-10-20-12-13(17-16(20)23-11(3)6-2)19(4)15(22)18-14(12)21/h6,11H,2,5,7-10H2,1,3-4H3,(H,18,21,22)/t11-/m0/s1. The molecular formula is C16H24N4O2S. The highest BCUT2D eigenvalue weighted by molar-refractivity contribution is 7.99. The van der Waals surface area contributed by atoms with Crippen molar-refractivity contribution in [2.24, 2.45) is 7.05 Å². The van der Waals surface area contributed by atoms with Crippen LogP contribution in [0.2, 0.25) is 0 Å². The van der Waals surface area contributed by atoms with Gasteiger partial charge < -0.3 is 4.57 Å². The maximum atomic E-state index is 12.3. The van der Waals surface area contributed by atoms with E-state index in [-0.39, 0.29) is 10.8 Å². The van der Waals surface area contributed by atoms with E-state index in [1.165, 1.54) is 11.0 Å². The Morgan fingerprint density at radius 1 is 1.35 bits per heavy atom. The van der Waals surface area contributed by atoms with E-state index >= 15 is 0 Å². The van der Waals surface area contributed by atoms with Crippen LogP contribution in [0.25, 0.3) is 11.2 Å². The summed E-state index contributed by atoms with van der Waals surface area (Å²) < 4.78 is 3.33. The van der Waals surface area contributed by atoms with Gasteiger partial charge in [-0.05, 0) is 13.3 Å². The molecular weight excluding hydrogens is 312 g/mol. The van der Waals surface area contributed by atoms with Crippen LogP contribution in [0.1, 0.15) is 39.5 Å². The van der Waals surface area contributed by atoms with E-state index < -0.39 is 5.69 Å². The molecule has 0 saturated carbocycles. The molecule has 23 heavy (non-hydrogen) atoms. The lowest BCUT2D eigenvalue weighted by molar-refractivity contribution is 0.562. The molecule has 2 rings (SSSR count). The third-order valence-corrected chi connectivity index (χ3v) is 4.92. The maximum absolute atomic E-state index is 12.3. The zero-order valence-corrected chi connectivity index (χ0v) is 14.8. The summed E-state index contributed by atoms with van der Waals surface area (Å²) in [6, 6.07) is 0. The SMILES string of the molecule is C=C[C@H](C)Sc1nc2c(c(=O)[nH]c(=O)n2C)n1CCCCCC. The molecule has 1 atom stereocenters. The van der Waals surface area contributed by atoms with Gasteiger partial charge in [0.2, 0.25) is 0 Å². The van der Waals surface area contributed by atoms with Crippen LogP contribution in [0.5, 0.6) is 0 Å². The summed E-state index contributed by atoms with van der Waals surface area (Å²) >= 11 is 1.55. The number of unbranched alkanes of at least 4 members (excludes halogenated alkanes) is 3. The predicted molar refractivity (Wildman–Crippen MR) is 95.3 cm³/mol. The molecule has 2 aromatic heterocycles. The normalized spacial score (nSPS) is 12.7. The van der Waals surface area contributed by atoms with Crippen LogP contribution in [0.15, 0.2) is 27.4 Å². The van der Waals surface area contributed by atoms with Crippen molar-refractivity contribution >= 4 is 22.9 Å². The first kappa shape index (κ1) is 17.6. The van der Waals surface area contributed by atoms with Gasteiger partial charge in [-0.15, -0.1) is 6.58 Å². The largest absolute Gasteiger partial charge is 0.329 e. The second kappa shape index (κ2) is 7.68. The quantitative estimate of drug-likeness (QED) is 0.457. The van der Waals surface area contributed by atoms with Crippen LogP contribution < -0.4 is 11.2 Å². The molecule has 7 heteroatoms. The van der Waals surface area contributed by atoms with Gasteiger partial charge in [0.25, 0.3) is 5.56 Å². The van der Waals surface area contributed by atoms with Crippen molar-refractivity contribution in [2.45, 2.75) is 56.5 Å². The molecule has 0 amide bonds. The van der Waals surface area contributed by atoms with Crippen molar-refractivity contribution in [2.75, 3.05) is 0 Å². The van der Waals surface area contributed by atoms with Gasteiger partial charge in [0.05, 0.1) is 0 Å². The number of aromatic amines is 1. The van der Waals surface area contributed by atoms with Gasteiger partial charge in [-0.2, -0.15) is 0 Å². The first-order valence-corrected chi connectivity index (χ1v) is 8.86. The van der Waals surface area contributed by atoms with E-state index in [9.17, 15) is 9.59 Å². The van der Waals surface area contributed by atoms with E-state index in [1.54, 1.807) is 18.8 Å². The second-order valence-corrected chi connectivity index (χ2v) is 7.00. The molecule has 6 nitrogen and oxygen atoms in total. The summed E-state index contributed by atoms with van der Waals surface area (Å²) in [6.07, 6.45) is 6.27. The molecule has 126 valence electrons. The lowest BCUT2D eigenvalue weighted by atomic mass is 10.2. The number of thioether (sulfide) groups is 1. The lowest BCUT2D eigenvalue weighted by Gasteiger charge is -2.10. The van der Waals surface area contributed by atoms with Crippen molar-refractivity contribution in [3.8, 4) is 0 Å². The molecule has 1 N–H and O–H groups in total. The number of nitrogens with one attached hydrogen (secondary N) is 1. The smallest absolute Gasteiger partial charge is 0.313 e. The highest BCUT2D eigenvalue weighted by Gasteiger charge is 2.18. The molecule has 2 heterocycles. The lowest BCUT2D eigenvalue weighted by Crippen LogP contribution is -2.29. The summed E-state index contributed by atoms with van der Waals surface area (Å²) in [5.74, 6) is 0. The third kappa shape index (κ3) is 3.77. The summed E-state index contributed by atoms with van der Waals surface area (Å²) in [5, 5.41) is 0.938. The number of H-pyrrole nitrogens is 1. The Balaban J connectivity index is 2.51. The molecule has 0 radical (unpaired) electrons. The zero-order valence-electron chi connectivity index (χ0n) is 14.0. The molecule has 0 unspecified atom stereocenters. The summed E-state index contributed by atoms with van der Waals surface area (Å²) in [5.41, 5.74) is 0.103. The van der Waals surface area contributed by atoms with E-state index in [2.05, 4.69) is 23.5 Å². The van der Waals surface area contributed by atoms with Crippen molar-refractivity contribution in [1.29, 1.82) is 0 Å². The fraction of sp³-hybridized carbons (Fsp3) is 0.562. The van der Waals surface area contributed by atoms with Gasteiger partial charge in [-0.1, -0.05) is 44.0 Å². The third-order valence-electron chi connectivity index (χ3n) is 3.83. The van der Waals surface area contributed by atoms with Crippen LogP contribution in [0, 0.1) is 0 Å². The Hall–Kier alpha value is -1.76. The number of imidazole rings is 1. The van der Waals surface area contributed by atoms with Gasteiger partial charge in [0, 0.05) is 18.8 Å². The number of aryl methyl sites for hydroxylation is 2. The minimum absolute atomic E-state index is 0.178. The van der Waals surface area contributed by atoms with Gasteiger partial charge in [-0.3, -0.25) is 14.3 Å². The number of fused-ring (bicyclic) bond motifs is 1. The summed E-state index contributed by atoms with van der Waals surface area (Å²) in [4.78, 5) is 31.0. The number of aromatic nitrogens is 4. The summed E-state index contributed by atoms with van der Waals surface area (Å²) in [7, 11) is 1.63. The van der Waals surface area contributed by atoms with E-state index in [1.807, 2.05) is 17.6 Å². The van der Waals surface area contributed by atoms with Gasteiger partial charge in [0.1, 0.15) is 0 Å². The maximum Gasteiger partial charge on any atom is 0.329 e. The Kier molecular flexibility index (Phi) is 5.87. The number of hydrogen-bond acceptors (Lipinski definition) is 4. The van der Waals surface area contributed by atoms with E-state index in [0.29, 0.717) is 11.2 Å². The Morgan fingerprint density at radius 3 is 2.74 bits per heavy atom. The van der Waals surface area contributed by atoms with Crippen molar-refractivity contribution in [3.05, 3.63) is 33.5 Å². The highest BCUT2D eigenvalue weighted by Crippen LogP contribution is 2.26. The Labute approximate surface area is 139 Å². The molecule has 0 fully saturated rings. The Morgan fingerprint density at radius 2 is 2.09 bits per heavy atom. The van der Waals surface area contributed by atoms with Crippen LogP contribution in [0.3, 0.4) is 0 Å². The monoisotopic (exact) mass is 336 g/mol. The van der Waals surface area contributed by atoms with E-state index in [0.717, 1.165) is 31.0 Å². The fourth-order valence-electron chi connectivity index (χ4n) is 2.42. The number of rotatable bonds is 8. The number of hydrogen-bond donors (Lipinski definition) is 1. The van der Waals surface area contributed by atoms with Gasteiger partial charge in [-0.25, -0.2) is 9.78 Å².